The first-order chi connectivity index (χ1) is 19.0. The van der Waals surface area contributed by atoms with Gasteiger partial charge in [0.25, 0.3) is 0 Å². The zero-order chi connectivity index (χ0) is 27.8. The predicted octanol–water partition coefficient (Wildman–Crippen LogP) is 2.63. The molecule has 2 aromatic rings. The first-order valence-corrected chi connectivity index (χ1v) is 13.1. The zero-order valence-electron chi connectivity index (χ0n) is 22.6. The lowest BCUT2D eigenvalue weighted by molar-refractivity contribution is -0.111. The van der Waals surface area contributed by atoms with Crippen LogP contribution in [0.5, 0.6) is 5.75 Å². The van der Waals surface area contributed by atoms with Crippen LogP contribution in [0, 0.1) is 0 Å². The lowest BCUT2D eigenvalue weighted by Crippen LogP contribution is -2.46. The number of nitrogens with zero attached hydrogens (tertiary/aromatic N) is 4. The van der Waals surface area contributed by atoms with E-state index < -0.39 is 0 Å². The summed E-state index contributed by atoms with van der Waals surface area (Å²) in [5.41, 5.74) is 12.1. The molecular formula is C28H38N8O3. The third-order valence-electron chi connectivity index (χ3n) is 6.91. The molecule has 0 saturated carbocycles. The molecule has 2 fully saturated rings. The van der Waals surface area contributed by atoms with Crippen LogP contribution in [0.1, 0.15) is 24.9 Å². The molecule has 1 atom stereocenters. The SMILES string of the molecule is C=CC(=O)Nc1cc(N=C(N)/C=C(\NN)N2OCC[C@@H]2c2ccccc2)c(OC)cc1N1CCN(CC)CC1. The van der Waals surface area contributed by atoms with Crippen LogP contribution in [-0.4, -0.2) is 68.1 Å². The molecule has 6 N–H and O–H groups in total. The number of aliphatic imine (C=N–C) groups is 1. The van der Waals surface area contributed by atoms with Gasteiger partial charge >= 0.3 is 0 Å². The van der Waals surface area contributed by atoms with Crippen molar-refractivity contribution in [2.45, 2.75) is 19.4 Å². The van der Waals surface area contributed by atoms with E-state index in [4.69, 9.17) is 21.2 Å². The van der Waals surface area contributed by atoms with Crippen molar-refractivity contribution in [3.63, 3.8) is 0 Å². The number of carbonyl (C=O) groups excluding carboxylic acids is 1. The number of piperazine rings is 1. The summed E-state index contributed by atoms with van der Waals surface area (Å²) in [4.78, 5) is 27.4. The molecule has 0 bridgehead atoms. The minimum absolute atomic E-state index is 0.0241. The van der Waals surface area contributed by atoms with E-state index in [0.29, 0.717) is 29.6 Å². The molecule has 4 rings (SSSR count). The molecule has 11 nitrogen and oxygen atoms in total. The number of hydrazine groups is 1. The van der Waals surface area contributed by atoms with Crippen LogP contribution < -0.4 is 32.0 Å². The number of hydrogen-bond donors (Lipinski definition) is 4. The van der Waals surface area contributed by atoms with Gasteiger partial charge in [-0.1, -0.05) is 43.8 Å². The van der Waals surface area contributed by atoms with Crippen molar-refractivity contribution in [1.82, 2.24) is 15.4 Å². The Morgan fingerprint density at radius 2 is 1.97 bits per heavy atom. The topological polar surface area (TPSA) is 134 Å². The number of benzene rings is 2. The number of nitrogens with two attached hydrogens (primary N) is 2. The van der Waals surface area contributed by atoms with Crippen LogP contribution in [0.15, 0.2) is 72.0 Å². The summed E-state index contributed by atoms with van der Waals surface area (Å²) in [6, 6.07) is 13.7. The van der Waals surface area contributed by atoms with Crippen LogP contribution in [-0.2, 0) is 9.63 Å². The number of rotatable bonds is 10. The molecule has 39 heavy (non-hydrogen) atoms. The molecule has 2 heterocycles. The summed E-state index contributed by atoms with van der Waals surface area (Å²) in [5.74, 6) is 6.72. The highest BCUT2D eigenvalue weighted by atomic mass is 16.7. The average Bonchev–Trinajstić information content (AvgIpc) is 3.46. The molecule has 2 aromatic carbocycles. The molecule has 208 valence electrons. The monoisotopic (exact) mass is 534 g/mol. The molecule has 2 aliphatic rings. The second kappa shape index (κ2) is 13.1. The predicted molar refractivity (Wildman–Crippen MR) is 154 cm³/mol. The highest BCUT2D eigenvalue weighted by Gasteiger charge is 2.29. The molecule has 0 aromatic heterocycles. The molecule has 0 aliphatic carbocycles. The van der Waals surface area contributed by atoms with Crippen LogP contribution in [0.2, 0.25) is 0 Å². The largest absolute Gasteiger partial charge is 0.494 e. The van der Waals surface area contributed by atoms with Crippen LogP contribution in [0.4, 0.5) is 17.1 Å². The third kappa shape index (κ3) is 6.69. The molecule has 0 radical (unpaired) electrons. The van der Waals surface area contributed by atoms with E-state index in [0.717, 1.165) is 50.4 Å². The fourth-order valence-electron chi connectivity index (χ4n) is 4.82. The minimum Gasteiger partial charge on any atom is -0.494 e. The first-order valence-electron chi connectivity index (χ1n) is 13.1. The van der Waals surface area contributed by atoms with Crippen LogP contribution in [0.3, 0.4) is 0 Å². The lowest BCUT2D eigenvalue weighted by atomic mass is 10.0. The van der Waals surface area contributed by atoms with E-state index in [1.54, 1.807) is 24.3 Å². The van der Waals surface area contributed by atoms with Gasteiger partial charge in [-0.15, -0.1) is 0 Å². The normalized spacial score (nSPS) is 18.7. The van der Waals surface area contributed by atoms with Crippen LogP contribution >= 0.6 is 0 Å². The van der Waals surface area contributed by atoms with Gasteiger partial charge in [0.2, 0.25) is 5.91 Å². The fraction of sp³-hybridized carbons (Fsp3) is 0.357. The van der Waals surface area contributed by atoms with Crippen molar-refractivity contribution in [2.24, 2.45) is 16.6 Å². The number of hydrogen-bond acceptors (Lipinski definition) is 9. The Morgan fingerprint density at radius 3 is 2.62 bits per heavy atom. The number of hydroxylamine groups is 2. The van der Waals surface area contributed by atoms with E-state index in [1.807, 2.05) is 36.4 Å². The highest BCUT2D eigenvalue weighted by molar-refractivity contribution is 6.02. The van der Waals surface area contributed by atoms with Crippen molar-refractivity contribution in [3.8, 4) is 5.75 Å². The van der Waals surface area contributed by atoms with Gasteiger partial charge < -0.3 is 31.0 Å². The lowest BCUT2D eigenvalue weighted by Gasteiger charge is -2.36. The van der Waals surface area contributed by atoms with E-state index >= 15 is 0 Å². The van der Waals surface area contributed by atoms with E-state index in [-0.39, 0.29) is 17.8 Å². The Morgan fingerprint density at radius 1 is 1.23 bits per heavy atom. The molecule has 0 unspecified atom stereocenters. The zero-order valence-corrected chi connectivity index (χ0v) is 22.6. The molecule has 11 heteroatoms. The quantitative estimate of drug-likeness (QED) is 0.119. The van der Waals surface area contributed by atoms with Crippen molar-refractivity contribution < 1.29 is 14.4 Å². The number of likely N-dealkylation sites (N-methyl/N-ethyl adjacent to an activating group) is 1. The van der Waals surface area contributed by atoms with Gasteiger partial charge in [0.1, 0.15) is 23.1 Å². The van der Waals surface area contributed by atoms with Crippen LogP contribution in [0.25, 0.3) is 0 Å². The van der Waals surface area contributed by atoms with E-state index in [2.05, 4.69) is 39.0 Å². The molecule has 2 aliphatic heterocycles. The number of amides is 1. The Balaban J connectivity index is 1.65. The highest BCUT2D eigenvalue weighted by Crippen LogP contribution is 2.39. The van der Waals surface area contributed by atoms with Gasteiger partial charge in [-0.05, 0) is 24.3 Å². The maximum atomic E-state index is 12.3. The van der Waals surface area contributed by atoms with Crippen molar-refractivity contribution in [3.05, 3.63) is 72.6 Å². The maximum Gasteiger partial charge on any atom is 0.247 e. The molecule has 2 saturated heterocycles. The number of nitrogens with one attached hydrogen (secondary N) is 2. The second-order valence-corrected chi connectivity index (χ2v) is 9.24. The summed E-state index contributed by atoms with van der Waals surface area (Å²) in [6.07, 6.45) is 3.65. The van der Waals surface area contributed by atoms with Gasteiger partial charge in [-0.3, -0.25) is 9.63 Å². The number of anilines is 2. The average molecular weight is 535 g/mol. The van der Waals surface area contributed by atoms with E-state index in [1.165, 1.54) is 6.08 Å². The third-order valence-corrected chi connectivity index (χ3v) is 6.91. The Bertz CT molecular complexity index is 1210. The maximum absolute atomic E-state index is 12.3. The van der Waals surface area contributed by atoms with Gasteiger partial charge in [0, 0.05) is 44.7 Å². The summed E-state index contributed by atoms with van der Waals surface area (Å²) >= 11 is 0. The van der Waals surface area contributed by atoms with E-state index in [9.17, 15) is 4.79 Å². The van der Waals surface area contributed by atoms with Crippen molar-refractivity contribution in [1.29, 1.82) is 0 Å². The van der Waals surface area contributed by atoms with Gasteiger partial charge in [0.15, 0.2) is 0 Å². The number of methoxy groups -OCH3 is 1. The second-order valence-electron chi connectivity index (χ2n) is 9.24. The summed E-state index contributed by atoms with van der Waals surface area (Å²) in [7, 11) is 1.58. The molecule has 1 amide bonds. The Kier molecular flexibility index (Phi) is 9.42. The molecule has 0 spiro atoms. The summed E-state index contributed by atoms with van der Waals surface area (Å²) in [6.45, 7) is 10.8. The van der Waals surface area contributed by atoms with Crippen molar-refractivity contribution >= 4 is 28.8 Å². The van der Waals surface area contributed by atoms with Gasteiger partial charge in [0.05, 0.1) is 31.1 Å². The molecular weight excluding hydrogens is 496 g/mol. The van der Waals surface area contributed by atoms with Gasteiger partial charge in [-0.2, -0.15) is 0 Å². The van der Waals surface area contributed by atoms with Gasteiger partial charge in [-0.25, -0.2) is 15.9 Å². The number of carbonyl (C=O) groups is 1. The number of ether oxygens (including phenoxy) is 1. The standard InChI is InChI=1S/C28H38N8O3/c1-4-28(37)32-21-17-22(25(38-3)18-24(21)35-14-12-34(5-2)13-15-35)31-26(29)19-27(33-30)36-23(11-16-39-36)20-9-7-6-8-10-20/h4,6-10,17-19,23,33H,1,5,11-16,30H2,2-3H3,(H2,29,31)(H,32,37)/b27-19+/t23-/m1/s1. The summed E-state index contributed by atoms with van der Waals surface area (Å²) < 4.78 is 5.68. The number of amidine groups is 1. The summed E-state index contributed by atoms with van der Waals surface area (Å²) in [5, 5.41) is 4.63. The smallest absolute Gasteiger partial charge is 0.247 e. The Labute approximate surface area is 229 Å². The fourth-order valence-corrected chi connectivity index (χ4v) is 4.82. The first kappa shape index (κ1) is 28.0. The Hall–Kier alpha value is -4.06. The van der Waals surface area contributed by atoms with Crippen molar-refractivity contribution in [2.75, 3.05) is 56.7 Å². The minimum atomic E-state index is -0.316.